The van der Waals surface area contributed by atoms with E-state index in [2.05, 4.69) is 4.72 Å². The van der Waals surface area contributed by atoms with E-state index in [1.807, 2.05) is 67.6 Å². The number of nitrogens with one attached hydrogen (secondary N) is 1. The summed E-state index contributed by atoms with van der Waals surface area (Å²) in [6, 6.07) is 23.3. The van der Waals surface area contributed by atoms with E-state index >= 15 is 0 Å². The molecule has 0 saturated heterocycles. The minimum atomic E-state index is -3.87. The van der Waals surface area contributed by atoms with Gasteiger partial charge in [0.15, 0.2) is 0 Å². The standard InChI is InChI=1S/C21H20N2O2S.CH3.Rh/c1-16-12-14-19(15-13-16)26(24,25)23-21(18-10-6-3-7-11-18)20(22)17-8-4-2-5-9-17;;/h2-15,20-22H,1H3;1H3;/q-2;-1;+3/t20-,21-;;/m0../s1. The third-order valence-corrected chi connectivity index (χ3v) is 5.56. The van der Waals surface area contributed by atoms with Gasteiger partial charge in [0.25, 0.3) is 0 Å². The van der Waals surface area contributed by atoms with Crippen LogP contribution < -0.4 is 0 Å². The van der Waals surface area contributed by atoms with Crippen LogP contribution in [-0.2, 0) is 29.5 Å². The molecular formula is C22H23N2O2RhS. The summed E-state index contributed by atoms with van der Waals surface area (Å²) in [6.07, 6.45) is 0. The average Bonchev–Trinajstić information content (AvgIpc) is 2.67. The van der Waals surface area contributed by atoms with Crippen molar-refractivity contribution in [2.75, 3.05) is 0 Å². The average molecular weight is 482 g/mol. The summed E-state index contributed by atoms with van der Waals surface area (Å²) >= 11 is 0. The van der Waals surface area contributed by atoms with Crippen LogP contribution in [-0.4, -0.2) is 8.42 Å². The monoisotopic (exact) mass is 482 g/mol. The molecular weight excluding hydrogens is 459 g/mol. The molecule has 3 aromatic carbocycles. The molecule has 1 N–H and O–H groups in total. The van der Waals surface area contributed by atoms with E-state index in [0.29, 0.717) is 5.56 Å². The molecule has 0 aromatic heterocycles. The zero-order valence-electron chi connectivity index (χ0n) is 15.7. The van der Waals surface area contributed by atoms with Crippen molar-refractivity contribution in [2.45, 2.75) is 23.9 Å². The Morgan fingerprint density at radius 2 is 1.25 bits per heavy atom. The first-order chi connectivity index (χ1) is 12.5. The number of hydrogen-bond donors (Lipinski definition) is 0. The van der Waals surface area contributed by atoms with Crippen molar-refractivity contribution in [1.82, 2.24) is 0 Å². The molecule has 0 radical (unpaired) electrons. The maximum atomic E-state index is 12.8. The molecule has 3 rings (SSSR count). The molecule has 0 heterocycles. The molecule has 28 heavy (non-hydrogen) atoms. The molecule has 0 fully saturated rings. The van der Waals surface area contributed by atoms with Crippen molar-refractivity contribution >= 4 is 10.0 Å². The van der Waals surface area contributed by atoms with Gasteiger partial charge in [-0.05, 0) is 19.1 Å². The second-order valence-electron chi connectivity index (χ2n) is 6.14. The first kappa shape index (κ1) is 24.2. The van der Waals surface area contributed by atoms with Gasteiger partial charge in [0, 0.05) is 4.90 Å². The third-order valence-electron chi connectivity index (χ3n) is 4.19. The van der Waals surface area contributed by atoms with Crippen molar-refractivity contribution in [2.24, 2.45) is 0 Å². The minimum absolute atomic E-state index is 0. The number of sulfonamides is 1. The largest absolute Gasteiger partial charge is 3.00 e. The summed E-state index contributed by atoms with van der Waals surface area (Å²) in [5.74, 6) is 0. The Bertz CT molecular complexity index is 947. The summed E-state index contributed by atoms with van der Waals surface area (Å²) in [5, 5.41) is 0. The van der Waals surface area contributed by atoms with Gasteiger partial charge in [0.05, 0.1) is 0 Å². The van der Waals surface area contributed by atoms with Gasteiger partial charge >= 0.3 is 19.5 Å². The molecule has 0 aliphatic heterocycles. The van der Waals surface area contributed by atoms with E-state index in [9.17, 15) is 8.42 Å². The zero-order valence-corrected chi connectivity index (χ0v) is 18.2. The van der Waals surface area contributed by atoms with Crippen molar-refractivity contribution in [3.8, 4) is 0 Å². The second-order valence-corrected chi connectivity index (χ2v) is 7.77. The van der Waals surface area contributed by atoms with Crippen molar-refractivity contribution in [3.63, 3.8) is 0 Å². The fraction of sp³-hybridized carbons (Fsp3) is 0.136. The molecule has 0 saturated carbocycles. The molecule has 0 bridgehead atoms. The Kier molecular flexibility index (Phi) is 9.18. The van der Waals surface area contributed by atoms with Gasteiger partial charge in [0.2, 0.25) is 0 Å². The predicted molar refractivity (Wildman–Crippen MR) is 111 cm³/mol. The van der Waals surface area contributed by atoms with Crippen LogP contribution >= 0.6 is 0 Å². The molecule has 148 valence electrons. The van der Waals surface area contributed by atoms with E-state index in [4.69, 9.17) is 5.73 Å². The topological polar surface area (TPSA) is 72.0 Å². The first-order valence-electron chi connectivity index (χ1n) is 8.32. The Labute approximate surface area is 181 Å². The summed E-state index contributed by atoms with van der Waals surface area (Å²) in [4.78, 5) is 0.143. The van der Waals surface area contributed by atoms with Gasteiger partial charge in [-0.25, -0.2) is 8.42 Å². The Morgan fingerprint density at radius 3 is 1.75 bits per heavy atom. The van der Waals surface area contributed by atoms with Crippen LogP contribution in [0.1, 0.15) is 28.8 Å². The quantitative estimate of drug-likeness (QED) is 0.317. The maximum absolute atomic E-state index is 12.8. The molecule has 2 atom stereocenters. The van der Waals surface area contributed by atoms with Gasteiger partial charge in [-0.2, -0.15) is 0 Å². The molecule has 6 heteroatoms. The summed E-state index contributed by atoms with van der Waals surface area (Å²) < 4.78 is 29.8. The smallest absolute Gasteiger partial charge is 0.672 e. The van der Waals surface area contributed by atoms with E-state index in [1.54, 1.807) is 24.3 Å². The Hall–Kier alpha value is -1.85. The molecule has 0 aliphatic rings. The van der Waals surface area contributed by atoms with Gasteiger partial charge in [-0.15, -0.1) is 12.1 Å². The van der Waals surface area contributed by atoms with Gasteiger partial charge in [-0.1, -0.05) is 89.5 Å². The Morgan fingerprint density at radius 1 is 0.786 bits per heavy atom. The Balaban J connectivity index is 0.00000196. The SMILES string of the molecule is Cc1ccc(S(=O)(=O)[N-][C@@H](c2ccccc2)[C@@H]([NH-])c2ccccc2)cc1.[CH3-].[Rh+3]. The van der Waals surface area contributed by atoms with E-state index < -0.39 is 22.1 Å². The fourth-order valence-corrected chi connectivity index (χ4v) is 3.87. The van der Waals surface area contributed by atoms with Crippen LogP contribution in [0.4, 0.5) is 0 Å². The van der Waals surface area contributed by atoms with Crippen molar-refractivity contribution in [1.29, 1.82) is 0 Å². The van der Waals surface area contributed by atoms with Crippen LogP contribution in [0.2, 0.25) is 0 Å². The van der Waals surface area contributed by atoms with E-state index in [0.717, 1.165) is 11.1 Å². The predicted octanol–water partition coefficient (Wildman–Crippen LogP) is 6.04. The number of aryl methyl sites for hydroxylation is 1. The number of nitrogens with zero attached hydrogens (tertiary/aromatic N) is 1. The summed E-state index contributed by atoms with van der Waals surface area (Å²) in [6.45, 7) is 1.90. The van der Waals surface area contributed by atoms with Crippen molar-refractivity contribution < 1.29 is 27.9 Å². The van der Waals surface area contributed by atoms with E-state index in [-0.39, 0.29) is 31.8 Å². The molecule has 0 amide bonds. The molecule has 3 aromatic rings. The van der Waals surface area contributed by atoms with Gasteiger partial charge < -0.3 is 17.9 Å². The number of rotatable bonds is 6. The van der Waals surface area contributed by atoms with Crippen LogP contribution in [0, 0.1) is 14.4 Å². The number of hydrogen-bond acceptors (Lipinski definition) is 2. The normalized spacial score (nSPS) is 12.9. The molecule has 0 spiro atoms. The van der Waals surface area contributed by atoms with Gasteiger partial charge in [0.1, 0.15) is 10.0 Å². The van der Waals surface area contributed by atoms with Gasteiger partial charge in [-0.3, -0.25) is 0 Å². The van der Waals surface area contributed by atoms with E-state index in [1.165, 1.54) is 0 Å². The first-order valence-corrected chi connectivity index (χ1v) is 9.76. The van der Waals surface area contributed by atoms with Crippen LogP contribution in [0.15, 0.2) is 89.8 Å². The maximum Gasteiger partial charge on any atom is 3.00 e. The molecule has 4 nitrogen and oxygen atoms in total. The summed E-state index contributed by atoms with van der Waals surface area (Å²) in [5.41, 5.74) is 11.0. The number of benzene rings is 3. The zero-order chi connectivity index (χ0) is 18.6. The molecule has 0 unspecified atom stereocenters. The minimum Gasteiger partial charge on any atom is -0.672 e. The summed E-state index contributed by atoms with van der Waals surface area (Å²) in [7, 11) is -3.87. The van der Waals surface area contributed by atoms with Crippen LogP contribution in [0.5, 0.6) is 0 Å². The van der Waals surface area contributed by atoms with Crippen LogP contribution in [0.3, 0.4) is 0 Å². The third kappa shape index (κ3) is 5.82. The second kappa shape index (κ2) is 10.6. The van der Waals surface area contributed by atoms with Crippen LogP contribution in [0.25, 0.3) is 10.5 Å². The van der Waals surface area contributed by atoms with Crippen molar-refractivity contribution in [3.05, 3.63) is 120 Å². The molecule has 0 aliphatic carbocycles. The fourth-order valence-electron chi connectivity index (χ4n) is 2.73.